The summed E-state index contributed by atoms with van der Waals surface area (Å²) < 4.78 is 3.25. The Hall–Kier alpha value is -1.48. The summed E-state index contributed by atoms with van der Waals surface area (Å²) in [5.41, 5.74) is 1.83. The Balaban J connectivity index is 0. The van der Waals surface area contributed by atoms with Gasteiger partial charge in [0.2, 0.25) is 0 Å². The van der Waals surface area contributed by atoms with Gasteiger partial charge in [-0.15, -0.1) is 0 Å². The molecule has 0 saturated carbocycles. The summed E-state index contributed by atoms with van der Waals surface area (Å²) in [4.78, 5) is 8.37. The zero-order valence-electron chi connectivity index (χ0n) is 16.0. The molecule has 2 rings (SSSR count). The number of aromatic nitrogens is 2. The van der Waals surface area contributed by atoms with Gasteiger partial charge in [-0.25, -0.2) is 10.5 Å². The molecule has 0 spiro atoms. The first-order valence-electron chi connectivity index (χ1n) is 8.77. The van der Waals surface area contributed by atoms with Crippen molar-refractivity contribution in [2.24, 2.45) is 0 Å². The molecule has 0 saturated heterocycles. The fraction of sp³-hybridized carbons (Fsp3) is 0.400. The molecular weight excluding hydrogens is 479 g/mol. The van der Waals surface area contributed by atoms with Crippen molar-refractivity contribution in [3.05, 3.63) is 48.8 Å². The predicted octanol–water partition coefficient (Wildman–Crippen LogP) is 5.30. The van der Waals surface area contributed by atoms with Crippen LogP contribution >= 0.6 is 0 Å². The number of rotatable bonds is 7. The summed E-state index contributed by atoms with van der Waals surface area (Å²) in [6, 6.07) is 11.6. The van der Waals surface area contributed by atoms with Gasteiger partial charge in [0.15, 0.2) is 0 Å². The Bertz CT molecular complexity index is 558. The average Bonchev–Trinajstić information content (AvgIpc) is 2.71. The second-order valence-corrected chi connectivity index (χ2v) is 9.72. The molecule has 0 fully saturated rings. The summed E-state index contributed by atoms with van der Waals surface area (Å²) in [7, 11) is 0. The number of thiocyanates is 2. The molecule has 0 radical (unpaired) electrons. The fourth-order valence-corrected chi connectivity index (χ4v) is 5.92. The second-order valence-electron chi connectivity index (χ2n) is 5.07. The van der Waals surface area contributed by atoms with Crippen LogP contribution in [-0.2, 0) is 25.3 Å². The molecule has 0 aliphatic carbocycles. The van der Waals surface area contributed by atoms with Crippen molar-refractivity contribution in [2.75, 3.05) is 0 Å². The maximum absolute atomic E-state index is 7.13. The van der Waals surface area contributed by atoms with Crippen LogP contribution in [0.3, 0.4) is 0 Å². The van der Waals surface area contributed by atoms with Crippen LogP contribution in [0.15, 0.2) is 48.8 Å². The third-order valence-corrected chi connectivity index (χ3v) is 7.04. The Labute approximate surface area is 185 Å². The third-order valence-electron chi connectivity index (χ3n) is 3.01. The molecule has 0 unspecified atom stereocenters. The molecule has 0 aromatic carbocycles. The smallest absolute Gasteiger partial charge is 0.0886 e. The molecule has 0 amide bonds. The first-order valence-corrected chi connectivity index (χ1v) is 13.6. The number of nitriles is 2. The standard InChI is InChI=1S/C10H8N2.2C4H9.2CHNS.Sn/c1-3-7-11-9(5-1)10-6-2-4-8-12-10;2*1-3-4-2;2*2-1-3;/h1-8H;2*1,3-4H2,2H3;2*3H;/q;;;;;+2/p-2. The van der Waals surface area contributed by atoms with E-state index < -0.39 is 0 Å². The van der Waals surface area contributed by atoms with E-state index in [0.29, 0.717) is 0 Å². The molecule has 7 heteroatoms. The van der Waals surface area contributed by atoms with E-state index in [1.165, 1.54) is 36.5 Å². The van der Waals surface area contributed by atoms with Gasteiger partial charge in [0.1, 0.15) is 0 Å². The van der Waals surface area contributed by atoms with E-state index in [2.05, 4.69) is 49.1 Å². The van der Waals surface area contributed by atoms with E-state index in [1.54, 1.807) is 21.3 Å². The van der Waals surface area contributed by atoms with Crippen LogP contribution in [0.4, 0.5) is 0 Å². The molecule has 0 bridgehead atoms. The zero-order chi connectivity index (χ0) is 20.6. The molecule has 0 aliphatic rings. The quantitative estimate of drug-likeness (QED) is 0.220. The number of unbranched alkanes of at least 4 members (excludes halogenated alkanes) is 2. The molecule has 2 aromatic rings. The van der Waals surface area contributed by atoms with Gasteiger partial charge >= 0.3 is 69.5 Å². The summed E-state index contributed by atoms with van der Waals surface area (Å²) in [6.45, 7) is 4.58. The molecule has 2 aromatic heterocycles. The van der Waals surface area contributed by atoms with Crippen molar-refractivity contribution in [1.29, 1.82) is 10.5 Å². The van der Waals surface area contributed by atoms with Crippen LogP contribution in [0, 0.1) is 21.3 Å². The third kappa shape index (κ3) is 20.7. The first-order chi connectivity index (χ1) is 13.2. The monoisotopic (exact) mass is 506 g/mol. The first kappa shape index (κ1) is 27.7. The summed E-state index contributed by atoms with van der Waals surface area (Å²) in [6.07, 6.45) is 9.37. The van der Waals surface area contributed by atoms with Crippen LogP contribution < -0.4 is 0 Å². The number of pyridine rings is 2. The summed E-state index contributed by atoms with van der Waals surface area (Å²) >= 11 is 7.55. The SMILES string of the molecule is CCC[CH2][Sn+2][CH2]CCC.N#C[S-].N#C[S-].c1ccc(-c2ccccn2)nc1. The average molecular weight is 505 g/mol. The van der Waals surface area contributed by atoms with Crippen molar-refractivity contribution in [3.63, 3.8) is 0 Å². The second kappa shape index (κ2) is 24.5. The van der Waals surface area contributed by atoms with Gasteiger partial charge in [-0.05, 0) is 24.3 Å². The number of nitrogens with zero attached hydrogens (tertiary/aromatic N) is 4. The van der Waals surface area contributed by atoms with Gasteiger partial charge in [0, 0.05) is 12.4 Å². The van der Waals surface area contributed by atoms with Crippen LogP contribution in [0.25, 0.3) is 11.4 Å². The number of hydrogen-bond acceptors (Lipinski definition) is 6. The molecular formula is C20H26N4S2Sn. The van der Waals surface area contributed by atoms with Crippen molar-refractivity contribution < 1.29 is 0 Å². The van der Waals surface area contributed by atoms with E-state index in [1.807, 2.05) is 36.4 Å². The Morgan fingerprint density at radius 3 is 1.44 bits per heavy atom. The largest absolute Gasteiger partial charge is 0.696 e. The Kier molecular flexibility index (Phi) is 25.2. The van der Waals surface area contributed by atoms with E-state index in [0.717, 1.165) is 11.4 Å². The minimum absolute atomic E-state index is 0.149. The molecule has 142 valence electrons. The van der Waals surface area contributed by atoms with Crippen LogP contribution in [-0.4, -0.2) is 31.1 Å². The molecule has 2 heterocycles. The van der Waals surface area contributed by atoms with Crippen molar-refractivity contribution in [1.82, 2.24) is 9.97 Å². The molecule has 0 aliphatic heterocycles. The summed E-state index contributed by atoms with van der Waals surface area (Å²) in [5.74, 6) is 0. The fourth-order valence-electron chi connectivity index (χ4n) is 1.76. The molecule has 27 heavy (non-hydrogen) atoms. The minimum atomic E-state index is 0.149. The molecule has 0 N–H and O–H groups in total. The van der Waals surface area contributed by atoms with Gasteiger partial charge in [0.25, 0.3) is 0 Å². The van der Waals surface area contributed by atoms with E-state index in [4.69, 9.17) is 10.5 Å². The maximum atomic E-state index is 7.13. The number of hydrogen-bond donors (Lipinski definition) is 0. The van der Waals surface area contributed by atoms with Gasteiger partial charge < -0.3 is 25.3 Å². The zero-order valence-corrected chi connectivity index (χ0v) is 20.5. The van der Waals surface area contributed by atoms with Crippen molar-refractivity contribution >= 4 is 46.4 Å². The normalized spacial score (nSPS) is 7.85. The van der Waals surface area contributed by atoms with E-state index in [-0.39, 0.29) is 21.1 Å². The molecule has 4 nitrogen and oxygen atoms in total. The minimum Gasteiger partial charge on any atom is -0.696 e. The van der Waals surface area contributed by atoms with Gasteiger partial charge in [-0.2, -0.15) is 0 Å². The Morgan fingerprint density at radius 2 is 1.19 bits per heavy atom. The van der Waals surface area contributed by atoms with Gasteiger partial charge in [0.05, 0.1) is 11.4 Å². The van der Waals surface area contributed by atoms with E-state index in [9.17, 15) is 0 Å². The van der Waals surface area contributed by atoms with Gasteiger partial charge in [-0.3, -0.25) is 9.97 Å². The van der Waals surface area contributed by atoms with Crippen LogP contribution in [0.5, 0.6) is 0 Å². The molecule has 0 atom stereocenters. The van der Waals surface area contributed by atoms with E-state index >= 15 is 0 Å². The van der Waals surface area contributed by atoms with Gasteiger partial charge in [-0.1, -0.05) is 22.9 Å². The maximum Gasteiger partial charge on any atom is 0.0886 e. The summed E-state index contributed by atoms with van der Waals surface area (Å²) in [5, 5.41) is 16.9. The van der Waals surface area contributed by atoms with Crippen LogP contribution in [0.1, 0.15) is 39.5 Å². The predicted molar refractivity (Wildman–Crippen MR) is 119 cm³/mol. The van der Waals surface area contributed by atoms with Crippen molar-refractivity contribution in [2.45, 2.75) is 48.4 Å². The Morgan fingerprint density at radius 1 is 0.815 bits per heavy atom. The topological polar surface area (TPSA) is 73.4 Å². The van der Waals surface area contributed by atoms with Crippen molar-refractivity contribution in [3.8, 4) is 22.2 Å². The van der Waals surface area contributed by atoms with Crippen LogP contribution in [0.2, 0.25) is 8.87 Å².